The van der Waals surface area contributed by atoms with Crippen LogP contribution in [0.3, 0.4) is 0 Å². The van der Waals surface area contributed by atoms with Crippen molar-refractivity contribution in [3.63, 3.8) is 0 Å². The Labute approximate surface area is 251 Å². The maximum absolute atomic E-state index is 10.7. The highest BCUT2D eigenvalue weighted by Crippen LogP contribution is 2.44. The van der Waals surface area contributed by atoms with E-state index in [-0.39, 0.29) is 16.6 Å². The van der Waals surface area contributed by atoms with Crippen LogP contribution in [-0.4, -0.2) is 19.6 Å². The van der Waals surface area contributed by atoms with E-state index in [1.54, 1.807) is 6.07 Å². The number of hydrogen-bond acceptors (Lipinski definition) is 4. The Bertz CT molecular complexity index is 2180. The van der Waals surface area contributed by atoms with Gasteiger partial charge in [0.1, 0.15) is 22.8 Å². The van der Waals surface area contributed by atoms with Gasteiger partial charge < -0.3 is 9.84 Å². The van der Waals surface area contributed by atoms with Crippen LogP contribution in [0, 0.1) is 0 Å². The molecule has 4 aromatic carbocycles. The van der Waals surface area contributed by atoms with Crippen molar-refractivity contribution in [3.05, 3.63) is 108 Å². The fourth-order valence-corrected chi connectivity index (χ4v) is 6.03. The van der Waals surface area contributed by atoms with Crippen molar-refractivity contribution in [1.29, 1.82) is 0 Å². The van der Waals surface area contributed by atoms with E-state index >= 15 is 0 Å². The highest BCUT2D eigenvalue weighted by Gasteiger charge is 2.26. The Hall–Kier alpha value is -4.90. The van der Waals surface area contributed by atoms with E-state index in [9.17, 15) is 5.11 Å². The van der Waals surface area contributed by atoms with Gasteiger partial charge in [0.05, 0.1) is 11.0 Å². The molecular weight excluding hydrogens is 530 g/mol. The van der Waals surface area contributed by atoms with Crippen molar-refractivity contribution >= 4 is 43.5 Å². The molecule has 3 heterocycles. The average Bonchev–Trinajstić information content (AvgIpc) is 3.29. The molecule has 0 unspecified atom stereocenters. The summed E-state index contributed by atoms with van der Waals surface area (Å²) in [6.07, 6.45) is 1.83. The zero-order valence-electron chi connectivity index (χ0n) is 25.4. The molecule has 43 heavy (non-hydrogen) atoms. The molecule has 214 valence electrons. The van der Waals surface area contributed by atoms with Gasteiger partial charge in [-0.3, -0.25) is 4.57 Å². The first-order valence-corrected chi connectivity index (χ1v) is 14.7. The predicted octanol–water partition coefficient (Wildman–Crippen LogP) is 9.97. The third kappa shape index (κ3) is 4.47. The van der Waals surface area contributed by atoms with Crippen LogP contribution in [0.5, 0.6) is 17.4 Å². The van der Waals surface area contributed by atoms with Gasteiger partial charge in [-0.2, -0.15) is 0 Å². The average molecular weight is 566 g/mol. The number of aromatic nitrogens is 3. The van der Waals surface area contributed by atoms with Crippen molar-refractivity contribution in [2.24, 2.45) is 0 Å². The summed E-state index contributed by atoms with van der Waals surface area (Å²) < 4.78 is 9.05. The fourth-order valence-electron chi connectivity index (χ4n) is 6.03. The van der Waals surface area contributed by atoms with Crippen LogP contribution >= 0.6 is 0 Å². The lowest BCUT2D eigenvalue weighted by molar-refractivity contribution is 0.445. The van der Waals surface area contributed by atoms with Crippen LogP contribution in [0.2, 0.25) is 0 Å². The third-order valence-corrected chi connectivity index (χ3v) is 8.30. The predicted molar refractivity (Wildman–Crippen MR) is 177 cm³/mol. The molecule has 7 aromatic rings. The van der Waals surface area contributed by atoms with Gasteiger partial charge in [0, 0.05) is 39.4 Å². The summed E-state index contributed by atoms with van der Waals surface area (Å²) in [5.74, 6) is 2.16. The highest BCUT2D eigenvalue weighted by molar-refractivity contribution is 6.11. The van der Waals surface area contributed by atoms with Gasteiger partial charge in [0.25, 0.3) is 0 Å². The summed E-state index contributed by atoms with van der Waals surface area (Å²) in [6.45, 7) is 13.4. The molecule has 0 saturated heterocycles. The van der Waals surface area contributed by atoms with E-state index in [1.165, 1.54) is 10.9 Å². The number of fused-ring (bicyclic) bond motifs is 6. The number of phenols is 1. The third-order valence-electron chi connectivity index (χ3n) is 8.30. The molecular formula is C38H35N3O2. The molecule has 0 aliphatic heterocycles. The monoisotopic (exact) mass is 565 g/mol. The molecule has 0 saturated carbocycles. The summed E-state index contributed by atoms with van der Waals surface area (Å²) in [4.78, 5) is 9.62. The van der Waals surface area contributed by atoms with Gasteiger partial charge in [-0.25, -0.2) is 9.97 Å². The van der Waals surface area contributed by atoms with Gasteiger partial charge in [-0.1, -0.05) is 84.0 Å². The number of pyridine rings is 2. The molecule has 5 heteroatoms. The zero-order chi connectivity index (χ0) is 30.1. The minimum atomic E-state index is -0.223. The molecule has 1 N–H and O–H groups in total. The fraction of sp³-hybridized carbons (Fsp3) is 0.211. The molecule has 0 fully saturated rings. The molecule has 0 aliphatic rings. The maximum atomic E-state index is 10.7. The van der Waals surface area contributed by atoms with Gasteiger partial charge in [0.2, 0.25) is 5.88 Å². The molecule has 0 aliphatic carbocycles. The number of phenolic OH excluding ortho intramolecular Hbond substituents is 1. The second-order valence-corrected chi connectivity index (χ2v) is 13.4. The molecule has 5 nitrogen and oxygen atoms in total. The summed E-state index contributed by atoms with van der Waals surface area (Å²) >= 11 is 0. The first-order chi connectivity index (χ1) is 20.5. The van der Waals surface area contributed by atoms with Crippen molar-refractivity contribution < 1.29 is 9.84 Å². The molecule has 0 radical (unpaired) electrons. The van der Waals surface area contributed by atoms with Crippen LogP contribution in [0.4, 0.5) is 0 Å². The zero-order valence-corrected chi connectivity index (χ0v) is 25.4. The van der Waals surface area contributed by atoms with Gasteiger partial charge in [-0.15, -0.1) is 0 Å². The number of nitrogens with zero attached hydrogens (tertiary/aromatic N) is 3. The topological polar surface area (TPSA) is 60.2 Å². The lowest BCUT2D eigenvalue weighted by atomic mass is 9.84. The van der Waals surface area contributed by atoms with E-state index in [4.69, 9.17) is 14.7 Å². The number of rotatable bonds is 3. The first kappa shape index (κ1) is 27.0. The van der Waals surface area contributed by atoms with E-state index < -0.39 is 0 Å². The van der Waals surface area contributed by atoms with Crippen molar-refractivity contribution in [2.75, 3.05) is 0 Å². The quantitative estimate of drug-likeness (QED) is 0.217. The summed E-state index contributed by atoms with van der Waals surface area (Å²) in [6, 6.07) is 30.7. The van der Waals surface area contributed by atoms with E-state index in [0.29, 0.717) is 11.4 Å². The SMILES string of the molecule is CC(C)(C)c1ccc2c(c1)c1cc(C(C)(C)C)c(Oc3nc4c(O)cccc4c4ccccc34)cc1n2-c1ccccn1. The number of para-hydroxylation sites is 1. The normalized spacial score (nSPS) is 12.5. The number of hydrogen-bond donors (Lipinski definition) is 1. The lowest BCUT2D eigenvalue weighted by Crippen LogP contribution is -2.13. The van der Waals surface area contributed by atoms with Crippen LogP contribution < -0.4 is 4.74 Å². The van der Waals surface area contributed by atoms with Crippen molar-refractivity contribution in [2.45, 2.75) is 52.4 Å². The van der Waals surface area contributed by atoms with Gasteiger partial charge in [-0.05, 0) is 64.2 Å². The number of ether oxygens (including phenoxy) is 1. The maximum Gasteiger partial charge on any atom is 0.227 e. The minimum absolute atomic E-state index is 0.0118. The second kappa shape index (κ2) is 9.56. The second-order valence-electron chi connectivity index (χ2n) is 13.4. The number of benzene rings is 4. The van der Waals surface area contributed by atoms with Gasteiger partial charge >= 0.3 is 0 Å². The minimum Gasteiger partial charge on any atom is -0.506 e. The Kier molecular flexibility index (Phi) is 6.00. The summed E-state index contributed by atoms with van der Waals surface area (Å²) in [5.41, 5.74) is 4.77. The van der Waals surface area contributed by atoms with Crippen LogP contribution in [-0.2, 0) is 10.8 Å². The van der Waals surface area contributed by atoms with E-state index in [1.807, 2.05) is 60.8 Å². The van der Waals surface area contributed by atoms with Crippen molar-refractivity contribution in [3.8, 4) is 23.2 Å². The summed E-state index contributed by atoms with van der Waals surface area (Å²) in [7, 11) is 0. The van der Waals surface area contributed by atoms with Crippen LogP contribution in [0.15, 0.2) is 97.2 Å². The van der Waals surface area contributed by atoms with Crippen LogP contribution in [0.1, 0.15) is 52.7 Å². The largest absolute Gasteiger partial charge is 0.506 e. The van der Waals surface area contributed by atoms with E-state index in [2.05, 4.69) is 76.4 Å². The molecule has 7 rings (SSSR count). The Morgan fingerprint density at radius 3 is 2.09 bits per heavy atom. The molecule has 0 bridgehead atoms. The lowest BCUT2D eigenvalue weighted by Gasteiger charge is -2.23. The first-order valence-electron chi connectivity index (χ1n) is 14.7. The molecule has 0 spiro atoms. The smallest absolute Gasteiger partial charge is 0.227 e. The van der Waals surface area contributed by atoms with Crippen LogP contribution in [0.25, 0.3) is 49.3 Å². The van der Waals surface area contributed by atoms with Gasteiger partial charge in [0.15, 0.2) is 0 Å². The highest BCUT2D eigenvalue weighted by atomic mass is 16.5. The van der Waals surface area contributed by atoms with Crippen molar-refractivity contribution in [1.82, 2.24) is 14.5 Å². The Balaban J connectivity index is 1.55. The number of aromatic hydroxyl groups is 1. The molecule has 0 amide bonds. The Morgan fingerprint density at radius 1 is 0.651 bits per heavy atom. The Morgan fingerprint density at radius 2 is 1.37 bits per heavy atom. The summed E-state index contributed by atoms with van der Waals surface area (Å²) in [5, 5.41) is 15.8. The molecule has 3 aromatic heterocycles. The van der Waals surface area contributed by atoms with E-state index in [0.717, 1.165) is 49.7 Å². The molecule has 0 atom stereocenters. The standard InChI is InChI=1S/C38H35N3O2/c1-37(2,3)23-17-18-30-27(20-23)28-21-29(38(4,5)6)33(22-31(28)41(30)34-16-9-10-19-39-34)43-36-26-13-8-7-12-24(26)25-14-11-15-32(42)35(25)40-36/h7-22,42H,1-6H3.